The van der Waals surface area contributed by atoms with Crippen molar-refractivity contribution in [3.05, 3.63) is 57.8 Å². The van der Waals surface area contributed by atoms with Gasteiger partial charge in [0.15, 0.2) is 0 Å². The smallest absolute Gasteiger partial charge is 0.321 e. The first-order valence-corrected chi connectivity index (χ1v) is 11.6. The first kappa shape index (κ1) is 21.7. The van der Waals surface area contributed by atoms with Gasteiger partial charge >= 0.3 is 5.97 Å². The minimum absolute atomic E-state index is 0.128. The first-order chi connectivity index (χ1) is 15.1. The predicted molar refractivity (Wildman–Crippen MR) is 123 cm³/mol. The Kier molecular flexibility index (Phi) is 4.86. The van der Waals surface area contributed by atoms with Gasteiger partial charge in [-0.2, -0.15) is 0 Å². The van der Waals surface area contributed by atoms with Crippen LogP contribution < -0.4 is 10.6 Å². The van der Waals surface area contributed by atoms with Gasteiger partial charge in [0.25, 0.3) is 0 Å². The lowest BCUT2D eigenvalue weighted by atomic mass is 9.53. The maximum absolute atomic E-state index is 14.0. The number of carbonyl (C=O) groups excluding carboxylic acids is 1. The molecular formula is C24H25Cl2N3O3. The molecule has 2 aromatic rings. The van der Waals surface area contributed by atoms with Crippen LogP contribution in [0.3, 0.4) is 0 Å². The van der Waals surface area contributed by atoms with Gasteiger partial charge in [-0.1, -0.05) is 43.1 Å². The number of nitrogens with one attached hydrogen (secondary N) is 2. The van der Waals surface area contributed by atoms with Crippen molar-refractivity contribution in [3.63, 3.8) is 0 Å². The molecule has 0 bridgehead atoms. The molecule has 1 aliphatic carbocycles. The topological polar surface area (TPSA) is 91.3 Å². The molecule has 0 radical (unpaired) electrons. The van der Waals surface area contributed by atoms with Gasteiger partial charge in [0, 0.05) is 28.4 Å². The number of pyridine rings is 1. The number of nitrogens with zero attached hydrogens (tertiary/aromatic N) is 1. The number of hydrogen-bond donors (Lipinski definition) is 3. The maximum Gasteiger partial charge on any atom is 0.321 e. The Morgan fingerprint density at radius 1 is 1.12 bits per heavy atom. The van der Waals surface area contributed by atoms with E-state index in [-0.39, 0.29) is 16.5 Å². The number of carboxylic acid groups (broad SMARTS) is 1. The summed E-state index contributed by atoms with van der Waals surface area (Å²) in [5.74, 6) is -1.84. The molecule has 3 N–H and O–H groups in total. The van der Waals surface area contributed by atoms with Crippen molar-refractivity contribution in [1.82, 2.24) is 10.3 Å². The standard InChI is InChI=1S/C24H25Cl2N3O3/c1-22(2)6-8-23(9-7-22)24(15-4-3-14(25)12-16(15)28-21(24)32)18(19(29-23)20(30)31)13-5-10-27-17(26)11-13/h3-5,10-12,18-19,29H,6-9H2,1-2H3,(H,28,32)(H,30,31)/t18-,19?,24?/m0/s1. The molecule has 3 heterocycles. The highest BCUT2D eigenvalue weighted by Gasteiger charge is 2.72. The Morgan fingerprint density at radius 3 is 2.50 bits per heavy atom. The summed E-state index contributed by atoms with van der Waals surface area (Å²) in [4.78, 5) is 30.6. The minimum atomic E-state index is -1.11. The SMILES string of the molecule is CC1(C)CCC2(CC1)NC(C(=O)O)[C@H](c1ccnc(Cl)c1)C21C(=O)Nc2cc(Cl)ccc21. The van der Waals surface area contributed by atoms with E-state index in [9.17, 15) is 14.7 Å². The second-order valence-electron chi connectivity index (χ2n) is 10.0. The highest BCUT2D eigenvalue weighted by atomic mass is 35.5. The number of carbonyl (C=O) groups is 2. The quantitative estimate of drug-likeness (QED) is 0.546. The molecule has 1 aromatic heterocycles. The molecule has 2 spiro atoms. The lowest BCUT2D eigenvalue weighted by molar-refractivity contribution is -0.139. The zero-order chi connectivity index (χ0) is 22.9. The average molecular weight is 474 g/mol. The van der Waals surface area contributed by atoms with E-state index in [1.54, 1.807) is 30.5 Å². The number of aliphatic carboxylic acids is 1. The Morgan fingerprint density at radius 2 is 1.84 bits per heavy atom. The molecule has 1 saturated carbocycles. The summed E-state index contributed by atoms with van der Waals surface area (Å²) in [6.45, 7) is 4.44. The van der Waals surface area contributed by atoms with Crippen LogP contribution in [0.1, 0.15) is 56.6 Å². The fourth-order valence-corrected chi connectivity index (χ4v) is 6.64. The molecule has 32 heavy (non-hydrogen) atoms. The molecule has 6 nitrogen and oxygen atoms in total. The van der Waals surface area contributed by atoms with Gasteiger partial charge in [-0.05, 0) is 66.5 Å². The fraction of sp³-hybridized carbons (Fsp3) is 0.458. The highest BCUT2D eigenvalue weighted by molar-refractivity contribution is 6.31. The van der Waals surface area contributed by atoms with E-state index in [0.29, 0.717) is 29.1 Å². The molecule has 3 aliphatic rings. The Hall–Kier alpha value is -2.15. The summed E-state index contributed by atoms with van der Waals surface area (Å²) < 4.78 is 0. The van der Waals surface area contributed by atoms with E-state index in [1.807, 2.05) is 6.07 Å². The van der Waals surface area contributed by atoms with Crippen molar-refractivity contribution >= 4 is 40.8 Å². The van der Waals surface area contributed by atoms with Gasteiger partial charge in [0.2, 0.25) is 5.91 Å². The summed E-state index contributed by atoms with van der Waals surface area (Å²) in [6, 6.07) is 7.88. The van der Waals surface area contributed by atoms with Crippen LogP contribution in [0.4, 0.5) is 5.69 Å². The number of hydrogen-bond acceptors (Lipinski definition) is 4. The predicted octanol–water partition coefficient (Wildman–Crippen LogP) is 4.76. The van der Waals surface area contributed by atoms with Gasteiger partial charge in [-0.3, -0.25) is 14.9 Å². The molecule has 8 heteroatoms. The summed E-state index contributed by atoms with van der Waals surface area (Å²) in [7, 11) is 0. The Labute approximate surface area is 196 Å². The van der Waals surface area contributed by atoms with Crippen molar-refractivity contribution in [2.75, 3.05) is 5.32 Å². The molecule has 3 atom stereocenters. The van der Waals surface area contributed by atoms with Gasteiger partial charge in [-0.25, -0.2) is 4.98 Å². The molecule has 2 aliphatic heterocycles. The monoisotopic (exact) mass is 473 g/mol. The fourth-order valence-electron chi connectivity index (χ4n) is 6.28. The third-order valence-corrected chi connectivity index (χ3v) is 8.27. The summed E-state index contributed by atoms with van der Waals surface area (Å²) >= 11 is 12.5. The lowest BCUT2D eigenvalue weighted by Gasteiger charge is -2.50. The largest absolute Gasteiger partial charge is 0.480 e. The molecule has 2 unspecified atom stereocenters. The van der Waals surface area contributed by atoms with E-state index in [1.165, 1.54) is 0 Å². The zero-order valence-electron chi connectivity index (χ0n) is 17.9. The van der Waals surface area contributed by atoms with Crippen LogP contribution in [0.15, 0.2) is 36.5 Å². The van der Waals surface area contributed by atoms with Gasteiger partial charge in [-0.15, -0.1) is 0 Å². The lowest BCUT2D eigenvalue weighted by Crippen LogP contribution is -2.61. The van der Waals surface area contributed by atoms with Crippen molar-refractivity contribution in [1.29, 1.82) is 0 Å². The molecule has 168 valence electrons. The van der Waals surface area contributed by atoms with E-state index in [4.69, 9.17) is 23.2 Å². The van der Waals surface area contributed by atoms with E-state index >= 15 is 0 Å². The van der Waals surface area contributed by atoms with Crippen molar-refractivity contribution in [2.45, 2.75) is 62.4 Å². The third-order valence-electron chi connectivity index (χ3n) is 7.83. The number of rotatable bonds is 2. The van der Waals surface area contributed by atoms with Crippen molar-refractivity contribution < 1.29 is 14.7 Å². The molecule has 1 amide bonds. The number of aromatic nitrogens is 1. The molecule has 2 fully saturated rings. The molecular weight excluding hydrogens is 449 g/mol. The Bertz CT molecular complexity index is 1130. The number of benzene rings is 1. The molecule has 5 rings (SSSR count). The van der Waals surface area contributed by atoms with Gasteiger partial charge in [0.1, 0.15) is 16.6 Å². The van der Waals surface area contributed by atoms with Crippen LogP contribution in [0.25, 0.3) is 0 Å². The number of fused-ring (bicyclic) bond motifs is 3. The Balaban J connectivity index is 1.81. The minimum Gasteiger partial charge on any atom is -0.480 e. The summed E-state index contributed by atoms with van der Waals surface area (Å²) in [5, 5.41) is 17.6. The molecule has 1 aromatic carbocycles. The maximum atomic E-state index is 14.0. The zero-order valence-corrected chi connectivity index (χ0v) is 19.4. The second kappa shape index (κ2) is 7.17. The van der Waals surface area contributed by atoms with Crippen LogP contribution >= 0.6 is 23.2 Å². The van der Waals surface area contributed by atoms with Crippen LogP contribution in [-0.4, -0.2) is 33.5 Å². The van der Waals surface area contributed by atoms with Crippen LogP contribution in [0.2, 0.25) is 10.2 Å². The summed E-state index contributed by atoms with van der Waals surface area (Å²) in [6.07, 6.45) is 4.71. The van der Waals surface area contributed by atoms with Crippen LogP contribution in [0, 0.1) is 5.41 Å². The average Bonchev–Trinajstić information content (AvgIpc) is 3.18. The highest BCUT2D eigenvalue weighted by Crippen LogP contribution is 2.63. The van der Waals surface area contributed by atoms with Crippen molar-refractivity contribution in [3.8, 4) is 0 Å². The first-order valence-electron chi connectivity index (χ1n) is 10.8. The van der Waals surface area contributed by atoms with E-state index in [2.05, 4.69) is 29.5 Å². The number of halogens is 2. The third kappa shape index (κ3) is 2.93. The second-order valence-corrected chi connectivity index (χ2v) is 10.9. The van der Waals surface area contributed by atoms with E-state index < -0.39 is 28.9 Å². The molecule has 1 saturated heterocycles. The number of amides is 1. The number of anilines is 1. The van der Waals surface area contributed by atoms with Crippen molar-refractivity contribution in [2.24, 2.45) is 5.41 Å². The van der Waals surface area contributed by atoms with Gasteiger partial charge < -0.3 is 10.4 Å². The van der Waals surface area contributed by atoms with Crippen LogP contribution in [0.5, 0.6) is 0 Å². The number of carboxylic acids is 1. The van der Waals surface area contributed by atoms with Crippen LogP contribution in [-0.2, 0) is 15.0 Å². The normalized spacial score (nSPS) is 29.8. The van der Waals surface area contributed by atoms with E-state index in [0.717, 1.165) is 18.4 Å². The summed E-state index contributed by atoms with van der Waals surface area (Å²) in [5.41, 5.74) is 0.421. The van der Waals surface area contributed by atoms with Gasteiger partial charge in [0.05, 0.1) is 0 Å².